The van der Waals surface area contributed by atoms with Gasteiger partial charge >= 0.3 is 178 Å². The van der Waals surface area contributed by atoms with Crippen molar-refractivity contribution in [3.63, 3.8) is 0 Å². The van der Waals surface area contributed by atoms with Crippen LogP contribution >= 0.6 is 24.2 Å². The molecule has 0 amide bonds. The predicted octanol–water partition coefficient (Wildman–Crippen LogP) is 5.98. The third kappa shape index (κ3) is 6.51. The van der Waals surface area contributed by atoms with E-state index in [0.717, 1.165) is 6.54 Å². The van der Waals surface area contributed by atoms with E-state index in [1.165, 1.54) is 67.0 Å². The maximum absolute atomic E-state index is 5.61. The van der Waals surface area contributed by atoms with Crippen LogP contribution in [-0.4, -0.2) is 12.7 Å². The molecule has 1 nitrogen and oxygen atoms in total. The minimum atomic E-state index is -2.02. The topological polar surface area (TPSA) is 26.0 Å². The van der Waals surface area contributed by atoms with Crippen LogP contribution in [0.15, 0.2) is 91.0 Å². The van der Waals surface area contributed by atoms with E-state index < -0.39 is 7.26 Å². The number of benzene rings is 3. The van der Waals surface area contributed by atoms with Crippen molar-refractivity contribution in [3.05, 3.63) is 91.0 Å². The predicted molar refractivity (Wildman–Crippen MR) is 143 cm³/mol. The zero-order valence-electron chi connectivity index (χ0n) is 18.0. The molecule has 0 atom stereocenters. The van der Waals surface area contributed by atoms with Crippen molar-refractivity contribution in [1.82, 2.24) is 0 Å². The van der Waals surface area contributed by atoms with Crippen LogP contribution in [0.5, 0.6) is 0 Å². The summed E-state index contributed by atoms with van der Waals surface area (Å²) in [4.78, 5) is 0. The van der Waals surface area contributed by atoms with Crippen LogP contribution in [0.25, 0.3) is 0 Å². The second kappa shape index (κ2) is 13.8. The van der Waals surface area contributed by atoms with E-state index in [9.17, 15) is 0 Å². The molecule has 0 aromatic heterocycles. The van der Waals surface area contributed by atoms with E-state index in [0.29, 0.717) is 0 Å². The van der Waals surface area contributed by atoms with Gasteiger partial charge in [-0.2, -0.15) is 0 Å². The number of unbranched alkanes of at least 4 members (excludes halogenated alkanes) is 6. The molecule has 3 aromatic rings. The molecule has 3 rings (SSSR count). The van der Waals surface area contributed by atoms with Crippen molar-refractivity contribution in [3.8, 4) is 0 Å². The summed E-state index contributed by atoms with van der Waals surface area (Å²) in [5.41, 5.74) is 5.61. The molecule has 0 heterocycles. The van der Waals surface area contributed by atoms with Crippen molar-refractivity contribution in [2.75, 3.05) is 12.7 Å². The Labute approximate surface area is 194 Å². The van der Waals surface area contributed by atoms with Crippen molar-refractivity contribution < 1.29 is 0 Å². The molecule has 3 heteroatoms. The van der Waals surface area contributed by atoms with Gasteiger partial charge in [0.2, 0.25) is 0 Å². The van der Waals surface area contributed by atoms with Crippen molar-refractivity contribution in [1.29, 1.82) is 0 Å². The van der Waals surface area contributed by atoms with Gasteiger partial charge in [0.05, 0.1) is 0 Å². The molecule has 0 aliphatic rings. The number of rotatable bonds is 12. The first kappa shape index (κ1) is 24.8. The van der Waals surface area contributed by atoms with Gasteiger partial charge in [0.25, 0.3) is 0 Å². The second-order valence-electron chi connectivity index (χ2n) is 8.02. The Morgan fingerprint density at radius 2 is 0.800 bits per heavy atom. The van der Waals surface area contributed by atoms with Gasteiger partial charge in [-0.05, 0) is 0 Å². The molecule has 0 radical (unpaired) electrons. The summed E-state index contributed by atoms with van der Waals surface area (Å²) in [6.45, 7) is 0.833. The molecular formula is C27H37BrNP. The van der Waals surface area contributed by atoms with Crippen molar-refractivity contribution in [2.45, 2.75) is 44.9 Å². The standard InChI is InChI=1S/C27H36NP.BrH/c28-23-15-4-2-1-3-5-16-24-29(25-17-9-6-10-18-25,26-19-11-7-12-20-26)27-21-13-8-14-22-27;/h6-14,17-22,29H,1-5,15-16,23-24,28H2;1H. The van der Waals surface area contributed by atoms with E-state index >= 15 is 0 Å². The van der Waals surface area contributed by atoms with Gasteiger partial charge in [-0.1, -0.05) is 0 Å². The third-order valence-electron chi connectivity index (χ3n) is 6.06. The van der Waals surface area contributed by atoms with E-state index in [-0.39, 0.29) is 17.0 Å². The molecule has 162 valence electrons. The summed E-state index contributed by atoms with van der Waals surface area (Å²) >= 11 is 0. The Balaban J connectivity index is 0.00000320. The molecule has 0 bridgehead atoms. The second-order valence-corrected chi connectivity index (χ2v) is 12.1. The first-order chi connectivity index (χ1) is 14.4. The van der Waals surface area contributed by atoms with Gasteiger partial charge in [0, 0.05) is 0 Å². The fourth-order valence-electron chi connectivity index (χ4n) is 4.52. The Morgan fingerprint density at radius 1 is 0.467 bits per heavy atom. The molecule has 30 heavy (non-hydrogen) atoms. The molecule has 0 aliphatic heterocycles. The summed E-state index contributed by atoms with van der Waals surface area (Å²) in [6.07, 6.45) is 10.4. The number of hydrogen-bond acceptors (Lipinski definition) is 1. The molecule has 0 saturated carbocycles. The SMILES string of the molecule is Br.NCCCCCCCCC[PH](c1ccccc1)(c1ccccc1)c1ccccc1. The van der Waals surface area contributed by atoms with Crippen LogP contribution in [0, 0.1) is 0 Å². The van der Waals surface area contributed by atoms with Crippen LogP contribution in [-0.2, 0) is 0 Å². The zero-order chi connectivity index (χ0) is 20.2. The van der Waals surface area contributed by atoms with Gasteiger partial charge in [-0.3, -0.25) is 0 Å². The summed E-state index contributed by atoms with van der Waals surface area (Å²) in [5, 5.41) is 4.58. The number of halogens is 1. The maximum atomic E-state index is 5.61. The molecule has 0 spiro atoms. The van der Waals surface area contributed by atoms with Crippen LogP contribution in [0.1, 0.15) is 44.9 Å². The summed E-state index contributed by atoms with van der Waals surface area (Å²) in [7, 11) is -2.02. The van der Waals surface area contributed by atoms with Crippen LogP contribution in [0.2, 0.25) is 0 Å². The Hall–Kier alpha value is -1.47. The summed E-state index contributed by atoms with van der Waals surface area (Å²) < 4.78 is 0. The first-order valence-corrected chi connectivity index (χ1v) is 13.5. The van der Waals surface area contributed by atoms with Crippen LogP contribution in [0.3, 0.4) is 0 Å². The average Bonchev–Trinajstić information content (AvgIpc) is 2.80. The van der Waals surface area contributed by atoms with Crippen molar-refractivity contribution >= 4 is 40.2 Å². The molecule has 2 N–H and O–H groups in total. The molecule has 0 unspecified atom stereocenters. The number of hydrogen-bond donors (Lipinski definition) is 1. The Kier molecular flexibility index (Phi) is 11.4. The van der Waals surface area contributed by atoms with E-state index in [4.69, 9.17) is 5.73 Å². The van der Waals surface area contributed by atoms with Gasteiger partial charge in [-0.15, -0.1) is 17.0 Å². The molecule has 0 saturated heterocycles. The monoisotopic (exact) mass is 485 g/mol. The molecule has 3 aromatic carbocycles. The van der Waals surface area contributed by atoms with Crippen LogP contribution < -0.4 is 21.6 Å². The van der Waals surface area contributed by atoms with Gasteiger partial charge in [0.15, 0.2) is 0 Å². The quantitative estimate of drug-likeness (QED) is 0.247. The minimum absolute atomic E-state index is 0. The third-order valence-corrected chi connectivity index (χ3v) is 11.1. The van der Waals surface area contributed by atoms with E-state index in [1.807, 2.05) is 0 Å². The van der Waals surface area contributed by atoms with E-state index in [1.54, 1.807) is 0 Å². The Morgan fingerprint density at radius 3 is 1.17 bits per heavy atom. The normalized spacial score (nSPS) is 11.6. The molecule has 0 aliphatic carbocycles. The summed E-state index contributed by atoms with van der Waals surface area (Å²) in [5.74, 6) is 0. The molecular weight excluding hydrogens is 449 g/mol. The first-order valence-electron chi connectivity index (χ1n) is 11.2. The van der Waals surface area contributed by atoms with Gasteiger partial charge < -0.3 is 0 Å². The molecule has 0 fully saturated rings. The van der Waals surface area contributed by atoms with E-state index in [2.05, 4.69) is 91.0 Å². The van der Waals surface area contributed by atoms with Crippen molar-refractivity contribution in [2.24, 2.45) is 5.73 Å². The Bertz CT molecular complexity index is 711. The van der Waals surface area contributed by atoms with Crippen LogP contribution in [0.4, 0.5) is 0 Å². The average molecular weight is 486 g/mol. The fourth-order valence-corrected chi connectivity index (χ4v) is 9.45. The number of nitrogens with two attached hydrogens (primary N) is 1. The van der Waals surface area contributed by atoms with Gasteiger partial charge in [-0.25, -0.2) is 0 Å². The summed E-state index contributed by atoms with van der Waals surface area (Å²) in [6, 6.07) is 33.8. The zero-order valence-corrected chi connectivity index (χ0v) is 20.7. The van der Waals surface area contributed by atoms with Gasteiger partial charge in [0.1, 0.15) is 0 Å². The fraction of sp³-hybridized carbons (Fsp3) is 0.333.